The first-order chi connectivity index (χ1) is 11.7. The lowest BCUT2D eigenvalue weighted by molar-refractivity contribution is 0.0119. The van der Waals surface area contributed by atoms with E-state index >= 15 is 0 Å². The van der Waals surface area contributed by atoms with Gasteiger partial charge in [-0.15, -0.1) is 0 Å². The van der Waals surface area contributed by atoms with Gasteiger partial charge < -0.3 is 18.8 Å². The van der Waals surface area contributed by atoms with E-state index in [0.29, 0.717) is 23.4 Å². The fourth-order valence-electron chi connectivity index (χ4n) is 4.08. The zero-order valence-electron chi connectivity index (χ0n) is 14.1. The molecule has 1 amide bonds. The van der Waals surface area contributed by atoms with Gasteiger partial charge >= 0.3 is 0 Å². The highest BCUT2D eigenvalue weighted by Gasteiger charge is 2.39. The summed E-state index contributed by atoms with van der Waals surface area (Å²) in [5.41, 5.74) is 0.428. The van der Waals surface area contributed by atoms with Crippen molar-refractivity contribution in [2.75, 3.05) is 46.0 Å². The average Bonchev–Trinajstić information content (AvgIpc) is 3.34. The lowest BCUT2D eigenvalue weighted by Gasteiger charge is -2.33. The van der Waals surface area contributed by atoms with E-state index in [0.717, 1.165) is 58.8 Å². The number of carbonyl (C=O) groups excluding carboxylic acids is 1. The number of ether oxygens (including phenoxy) is 2. The largest absolute Gasteiger partial charge is 0.445 e. The number of rotatable bonds is 3. The predicted molar refractivity (Wildman–Crippen MR) is 85.7 cm³/mol. The molecule has 3 unspecified atom stereocenters. The average molecular weight is 335 g/mol. The first-order valence-electron chi connectivity index (χ1n) is 8.90. The second kappa shape index (κ2) is 6.82. The molecule has 3 aliphatic heterocycles. The Balaban J connectivity index is 1.46. The van der Waals surface area contributed by atoms with Crippen molar-refractivity contribution in [1.29, 1.82) is 0 Å². The van der Waals surface area contributed by atoms with Gasteiger partial charge in [0, 0.05) is 38.8 Å². The summed E-state index contributed by atoms with van der Waals surface area (Å²) in [6, 6.07) is 0.399. The van der Waals surface area contributed by atoms with Crippen LogP contribution in [-0.2, 0) is 9.47 Å². The number of carbonyl (C=O) groups is 1. The quantitative estimate of drug-likeness (QED) is 0.830. The standard InChI is InChI=1S/C17H25N3O4/c1-12-9-20(10-13(12)19-4-7-22-8-5-19)17(21)15-16(24-11-18-15)14-3-2-6-23-14/h11-14H,2-10H2,1H3. The van der Waals surface area contributed by atoms with Gasteiger partial charge in [0.05, 0.1) is 13.2 Å². The van der Waals surface area contributed by atoms with Gasteiger partial charge in [-0.3, -0.25) is 9.69 Å². The zero-order valence-corrected chi connectivity index (χ0v) is 14.1. The molecule has 3 aliphatic rings. The minimum absolute atomic E-state index is 0.0307. The molecular weight excluding hydrogens is 310 g/mol. The number of aromatic nitrogens is 1. The molecule has 1 aromatic heterocycles. The molecule has 132 valence electrons. The van der Waals surface area contributed by atoms with Crippen LogP contribution in [-0.4, -0.2) is 72.7 Å². The van der Waals surface area contributed by atoms with Crippen LogP contribution in [0.15, 0.2) is 10.8 Å². The summed E-state index contributed by atoms with van der Waals surface area (Å²) in [5, 5.41) is 0. The molecule has 4 rings (SSSR count). The second-order valence-corrected chi connectivity index (χ2v) is 6.97. The van der Waals surface area contributed by atoms with Crippen molar-refractivity contribution in [3.63, 3.8) is 0 Å². The van der Waals surface area contributed by atoms with Gasteiger partial charge in [0.25, 0.3) is 5.91 Å². The number of morpholine rings is 1. The number of hydrogen-bond acceptors (Lipinski definition) is 6. The van der Waals surface area contributed by atoms with Crippen LogP contribution in [0.25, 0.3) is 0 Å². The maximum Gasteiger partial charge on any atom is 0.276 e. The number of amides is 1. The van der Waals surface area contributed by atoms with Crippen LogP contribution >= 0.6 is 0 Å². The molecule has 0 N–H and O–H groups in total. The van der Waals surface area contributed by atoms with E-state index in [1.165, 1.54) is 6.39 Å². The fourth-order valence-corrected chi connectivity index (χ4v) is 4.08. The molecule has 3 fully saturated rings. The Morgan fingerprint density at radius 1 is 1.25 bits per heavy atom. The minimum atomic E-state index is -0.124. The summed E-state index contributed by atoms with van der Waals surface area (Å²) < 4.78 is 16.6. The van der Waals surface area contributed by atoms with E-state index < -0.39 is 0 Å². The van der Waals surface area contributed by atoms with E-state index in [-0.39, 0.29) is 12.0 Å². The van der Waals surface area contributed by atoms with Crippen molar-refractivity contribution >= 4 is 5.91 Å². The van der Waals surface area contributed by atoms with E-state index in [1.54, 1.807) is 0 Å². The third-order valence-corrected chi connectivity index (χ3v) is 5.39. The molecule has 0 aliphatic carbocycles. The van der Waals surface area contributed by atoms with Crippen molar-refractivity contribution in [3.8, 4) is 0 Å². The normalized spacial score (nSPS) is 31.7. The molecule has 3 atom stereocenters. The molecule has 7 nitrogen and oxygen atoms in total. The van der Waals surface area contributed by atoms with Crippen LogP contribution in [0.5, 0.6) is 0 Å². The monoisotopic (exact) mass is 335 g/mol. The summed E-state index contributed by atoms with van der Waals surface area (Å²) >= 11 is 0. The highest BCUT2D eigenvalue weighted by molar-refractivity contribution is 5.93. The van der Waals surface area contributed by atoms with Crippen molar-refractivity contribution in [2.45, 2.75) is 31.9 Å². The first kappa shape index (κ1) is 16.1. The van der Waals surface area contributed by atoms with E-state index in [9.17, 15) is 4.79 Å². The van der Waals surface area contributed by atoms with Crippen LogP contribution in [0.1, 0.15) is 42.1 Å². The summed E-state index contributed by atoms with van der Waals surface area (Å²) in [4.78, 5) is 21.5. The van der Waals surface area contributed by atoms with Gasteiger partial charge in [-0.2, -0.15) is 0 Å². The minimum Gasteiger partial charge on any atom is -0.445 e. The number of oxazole rings is 1. The molecule has 0 spiro atoms. The molecule has 24 heavy (non-hydrogen) atoms. The highest BCUT2D eigenvalue weighted by Crippen LogP contribution is 2.32. The highest BCUT2D eigenvalue weighted by atomic mass is 16.5. The number of likely N-dealkylation sites (tertiary alicyclic amines) is 1. The van der Waals surface area contributed by atoms with Crippen molar-refractivity contribution in [3.05, 3.63) is 17.8 Å². The lowest BCUT2D eigenvalue weighted by Crippen LogP contribution is -2.47. The van der Waals surface area contributed by atoms with Crippen molar-refractivity contribution < 1.29 is 18.7 Å². The Labute approximate surface area is 141 Å². The third kappa shape index (κ3) is 2.96. The molecule has 0 bridgehead atoms. The van der Waals surface area contributed by atoms with Crippen molar-refractivity contribution in [2.24, 2.45) is 5.92 Å². The Kier molecular flexibility index (Phi) is 4.56. The molecule has 3 saturated heterocycles. The molecule has 4 heterocycles. The van der Waals surface area contributed by atoms with Crippen LogP contribution in [0.2, 0.25) is 0 Å². The first-order valence-corrected chi connectivity index (χ1v) is 8.90. The summed E-state index contributed by atoms with van der Waals surface area (Å²) in [7, 11) is 0. The van der Waals surface area contributed by atoms with E-state index in [1.807, 2.05) is 4.90 Å². The number of hydrogen-bond donors (Lipinski definition) is 0. The Hall–Kier alpha value is -1.44. The zero-order chi connectivity index (χ0) is 16.5. The fraction of sp³-hybridized carbons (Fsp3) is 0.765. The van der Waals surface area contributed by atoms with Crippen molar-refractivity contribution in [1.82, 2.24) is 14.8 Å². The summed E-state index contributed by atoms with van der Waals surface area (Å²) in [6.07, 6.45) is 3.13. The Morgan fingerprint density at radius 3 is 2.83 bits per heavy atom. The molecule has 0 radical (unpaired) electrons. The predicted octanol–water partition coefficient (Wildman–Crippen LogP) is 1.32. The van der Waals surface area contributed by atoms with E-state index in [2.05, 4.69) is 16.8 Å². The van der Waals surface area contributed by atoms with E-state index in [4.69, 9.17) is 13.9 Å². The maximum atomic E-state index is 13.0. The van der Waals surface area contributed by atoms with Gasteiger partial charge in [-0.1, -0.05) is 6.92 Å². The molecular formula is C17H25N3O4. The molecule has 7 heteroatoms. The molecule has 0 aromatic carbocycles. The van der Waals surface area contributed by atoms with Gasteiger partial charge in [0.1, 0.15) is 6.10 Å². The van der Waals surface area contributed by atoms with Crippen LogP contribution in [0.4, 0.5) is 0 Å². The third-order valence-electron chi connectivity index (χ3n) is 5.39. The van der Waals surface area contributed by atoms with Crippen LogP contribution < -0.4 is 0 Å². The Bertz CT molecular complexity index is 578. The van der Waals surface area contributed by atoms with Gasteiger partial charge in [0.15, 0.2) is 17.8 Å². The topological polar surface area (TPSA) is 68.0 Å². The second-order valence-electron chi connectivity index (χ2n) is 6.97. The maximum absolute atomic E-state index is 13.0. The molecule has 1 aromatic rings. The smallest absolute Gasteiger partial charge is 0.276 e. The van der Waals surface area contributed by atoms with Gasteiger partial charge in [-0.05, 0) is 18.8 Å². The van der Waals surface area contributed by atoms with Crippen LogP contribution in [0.3, 0.4) is 0 Å². The van der Waals surface area contributed by atoms with Gasteiger partial charge in [-0.25, -0.2) is 4.98 Å². The molecule has 0 saturated carbocycles. The Morgan fingerprint density at radius 2 is 2.08 bits per heavy atom. The SMILES string of the molecule is CC1CN(C(=O)c2ncoc2C2CCCO2)CC1N1CCOCC1. The summed E-state index contributed by atoms with van der Waals surface area (Å²) in [6.45, 7) is 7.91. The summed E-state index contributed by atoms with van der Waals surface area (Å²) in [5.74, 6) is 1.02. The van der Waals surface area contributed by atoms with Gasteiger partial charge in [0.2, 0.25) is 0 Å². The van der Waals surface area contributed by atoms with Crippen LogP contribution in [0, 0.1) is 5.92 Å². The lowest BCUT2D eigenvalue weighted by atomic mass is 10.0. The number of nitrogens with zero attached hydrogens (tertiary/aromatic N) is 3.